The zero-order valence-electron chi connectivity index (χ0n) is 15.0. The van der Waals surface area contributed by atoms with Crippen LogP contribution in [0, 0.1) is 0 Å². The Balaban J connectivity index is 2.03. The van der Waals surface area contributed by atoms with Gasteiger partial charge in [-0.2, -0.15) is 0 Å². The Kier molecular flexibility index (Phi) is 9.52. The SMILES string of the molecule is CC(C)(C)OC(=O)NC1CCC(OCCCNCCCN)CC1. The zero-order chi connectivity index (χ0) is 17.1. The van der Waals surface area contributed by atoms with E-state index < -0.39 is 5.60 Å². The van der Waals surface area contributed by atoms with E-state index in [0.717, 1.165) is 64.8 Å². The molecule has 136 valence electrons. The molecule has 0 aromatic heterocycles. The highest BCUT2D eigenvalue weighted by Crippen LogP contribution is 2.21. The third kappa shape index (κ3) is 10.5. The van der Waals surface area contributed by atoms with Gasteiger partial charge in [-0.05, 0) is 78.9 Å². The second-order valence-corrected chi connectivity index (χ2v) is 7.24. The highest BCUT2D eigenvalue weighted by molar-refractivity contribution is 5.68. The molecule has 1 amide bonds. The molecule has 0 aromatic carbocycles. The number of carbonyl (C=O) groups is 1. The molecule has 0 saturated heterocycles. The van der Waals surface area contributed by atoms with E-state index in [1.807, 2.05) is 20.8 Å². The number of hydrogen-bond donors (Lipinski definition) is 3. The monoisotopic (exact) mass is 329 g/mol. The minimum absolute atomic E-state index is 0.211. The zero-order valence-corrected chi connectivity index (χ0v) is 15.0. The van der Waals surface area contributed by atoms with Crippen molar-refractivity contribution in [2.45, 2.75) is 77.0 Å². The van der Waals surface area contributed by atoms with E-state index >= 15 is 0 Å². The van der Waals surface area contributed by atoms with Crippen LogP contribution in [0.25, 0.3) is 0 Å². The summed E-state index contributed by atoms with van der Waals surface area (Å²) in [6.07, 6.45) is 5.98. The Hall–Kier alpha value is -0.850. The summed E-state index contributed by atoms with van der Waals surface area (Å²) in [4.78, 5) is 11.7. The summed E-state index contributed by atoms with van der Waals surface area (Å²) in [7, 11) is 0. The van der Waals surface area contributed by atoms with E-state index in [4.69, 9.17) is 15.2 Å². The van der Waals surface area contributed by atoms with Crippen LogP contribution < -0.4 is 16.4 Å². The Bertz CT molecular complexity index is 324. The molecule has 1 saturated carbocycles. The average Bonchev–Trinajstić information content (AvgIpc) is 2.46. The fourth-order valence-corrected chi connectivity index (χ4v) is 2.65. The van der Waals surface area contributed by atoms with Crippen molar-refractivity contribution < 1.29 is 14.3 Å². The maximum atomic E-state index is 11.7. The quantitative estimate of drug-likeness (QED) is 0.565. The van der Waals surface area contributed by atoms with Gasteiger partial charge in [-0.3, -0.25) is 0 Å². The maximum absolute atomic E-state index is 11.7. The topological polar surface area (TPSA) is 85.6 Å². The van der Waals surface area contributed by atoms with E-state index in [1.54, 1.807) is 0 Å². The van der Waals surface area contributed by atoms with Gasteiger partial charge in [0.2, 0.25) is 0 Å². The molecule has 4 N–H and O–H groups in total. The van der Waals surface area contributed by atoms with Crippen molar-refractivity contribution in [3.63, 3.8) is 0 Å². The fraction of sp³-hybridized carbons (Fsp3) is 0.941. The van der Waals surface area contributed by atoms with Gasteiger partial charge < -0.3 is 25.8 Å². The van der Waals surface area contributed by atoms with Crippen molar-refractivity contribution >= 4 is 6.09 Å². The van der Waals surface area contributed by atoms with Gasteiger partial charge in [0.15, 0.2) is 0 Å². The van der Waals surface area contributed by atoms with E-state index in [0.29, 0.717) is 6.10 Å². The first-order valence-corrected chi connectivity index (χ1v) is 8.92. The Morgan fingerprint density at radius 2 is 1.78 bits per heavy atom. The molecule has 1 aliphatic carbocycles. The van der Waals surface area contributed by atoms with Gasteiger partial charge in [0.05, 0.1) is 6.10 Å². The molecule has 0 spiro atoms. The molecule has 0 atom stereocenters. The standard InChI is InChI=1S/C17H35N3O3/c1-17(2,3)23-16(21)20-14-6-8-15(9-7-14)22-13-5-12-19-11-4-10-18/h14-15,19H,4-13,18H2,1-3H3,(H,20,21). The molecule has 6 heteroatoms. The summed E-state index contributed by atoms with van der Waals surface area (Å²) in [6, 6.07) is 0.211. The Labute approximate surface area is 140 Å². The van der Waals surface area contributed by atoms with Crippen molar-refractivity contribution in [3.05, 3.63) is 0 Å². The molecule has 0 aromatic rings. The lowest BCUT2D eigenvalue weighted by molar-refractivity contribution is 0.0171. The second-order valence-electron chi connectivity index (χ2n) is 7.24. The van der Waals surface area contributed by atoms with Gasteiger partial charge in [-0.15, -0.1) is 0 Å². The summed E-state index contributed by atoms with van der Waals surface area (Å²) in [5.74, 6) is 0. The van der Waals surface area contributed by atoms with Gasteiger partial charge in [0.25, 0.3) is 0 Å². The molecule has 23 heavy (non-hydrogen) atoms. The molecular weight excluding hydrogens is 294 g/mol. The third-order valence-corrected chi connectivity index (χ3v) is 3.80. The number of nitrogens with two attached hydrogens (primary N) is 1. The number of alkyl carbamates (subject to hydrolysis) is 1. The summed E-state index contributed by atoms with van der Waals surface area (Å²) < 4.78 is 11.2. The van der Waals surface area contributed by atoms with Crippen LogP contribution in [-0.4, -0.2) is 50.1 Å². The molecule has 1 aliphatic rings. The summed E-state index contributed by atoms with van der Waals surface area (Å²) in [5, 5.41) is 6.30. The van der Waals surface area contributed by atoms with Gasteiger partial charge in [0.1, 0.15) is 5.60 Å². The van der Waals surface area contributed by atoms with Gasteiger partial charge >= 0.3 is 6.09 Å². The van der Waals surface area contributed by atoms with E-state index in [-0.39, 0.29) is 12.1 Å². The van der Waals surface area contributed by atoms with E-state index in [9.17, 15) is 4.79 Å². The Morgan fingerprint density at radius 3 is 2.39 bits per heavy atom. The minimum atomic E-state index is -0.442. The van der Waals surface area contributed by atoms with Crippen LogP contribution in [0.1, 0.15) is 59.3 Å². The Morgan fingerprint density at radius 1 is 1.13 bits per heavy atom. The van der Waals surface area contributed by atoms with Gasteiger partial charge in [-0.25, -0.2) is 4.79 Å². The molecule has 1 fully saturated rings. The van der Waals surface area contributed by atoms with Crippen LogP contribution >= 0.6 is 0 Å². The van der Waals surface area contributed by atoms with Crippen LogP contribution in [0.5, 0.6) is 0 Å². The van der Waals surface area contributed by atoms with Gasteiger partial charge in [-0.1, -0.05) is 0 Å². The number of ether oxygens (including phenoxy) is 2. The number of hydrogen-bond acceptors (Lipinski definition) is 5. The van der Waals surface area contributed by atoms with Gasteiger partial charge in [0, 0.05) is 12.6 Å². The van der Waals surface area contributed by atoms with Crippen molar-refractivity contribution in [1.29, 1.82) is 0 Å². The lowest BCUT2D eigenvalue weighted by Crippen LogP contribution is -2.41. The number of rotatable bonds is 9. The molecule has 0 unspecified atom stereocenters. The van der Waals surface area contributed by atoms with Crippen molar-refractivity contribution in [2.24, 2.45) is 5.73 Å². The molecule has 0 radical (unpaired) electrons. The fourth-order valence-electron chi connectivity index (χ4n) is 2.65. The lowest BCUT2D eigenvalue weighted by Gasteiger charge is -2.30. The normalized spacial score (nSPS) is 21.9. The maximum Gasteiger partial charge on any atom is 0.407 e. The summed E-state index contributed by atoms with van der Waals surface area (Å²) in [5.41, 5.74) is 5.00. The lowest BCUT2D eigenvalue weighted by atomic mass is 9.93. The average molecular weight is 329 g/mol. The predicted octanol–water partition coefficient (Wildman–Crippen LogP) is 2.17. The second kappa shape index (κ2) is 10.8. The minimum Gasteiger partial charge on any atom is -0.444 e. The van der Waals surface area contributed by atoms with Crippen molar-refractivity contribution in [3.8, 4) is 0 Å². The largest absolute Gasteiger partial charge is 0.444 e. The van der Waals surface area contributed by atoms with Crippen molar-refractivity contribution in [1.82, 2.24) is 10.6 Å². The third-order valence-electron chi connectivity index (χ3n) is 3.80. The molecule has 1 rings (SSSR count). The smallest absolute Gasteiger partial charge is 0.407 e. The highest BCUT2D eigenvalue weighted by Gasteiger charge is 2.24. The first kappa shape index (κ1) is 20.2. The van der Waals surface area contributed by atoms with Crippen LogP contribution in [-0.2, 0) is 9.47 Å². The van der Waals surface area contributed by atoms with E-state index in [1.165, 1.54) is 0 Å². The highest BCUT2D eigenvalue weighted by atomic mass is 16.6. The van der Waals surface area contributed by atoms with Crippen LogP contribution in [0.2, 0.25) is 0 Å². The molecule has 0 bridgehead atoms. The number of carbonyl (C=O) groups excluding carboxylic acids is 1. The van der Waals surface area contributed by atoms with E-state index in [2.05, 4.69) is 10.6 Å². The summed E-state index contributed by atoms with van der Waals surface area (Å²) in [6.45, 7) is 9.13. The van der Waals surface area contributed by atoms with Crippen LogP contribution in [0.3, 0.4) is 0 Å². The number of nitrogens with one attached hydrogen (secondary N) is 2. The molecular formula is C17H35N3O3. The predicted molar refractivity (Wildman–Crippen MR) is 92.5 cm³/mol. The molecule has 0 aliphatic heterocycles. The molecule has 0 heterocycles. The summed E-state index contributed by atoms with van der Waals surface area (Å²) >= 11 is 0. The van der Waals surface area contributed by atoms with Crippen molar-refractivity contribution in [2.75, 3.05) is 26.2 Å². The first-order valence-electron chi connectivity index (χ1n) is 8.92. The first-order chi connectivity index (χ1) is 10.9. The number of amides is 1. The van der Waals surface area contributed by atoms with Crippen LogP contribution in [0.15, 0.2) is 0 Å². The van der Waals surface area contributed by atoms with Crippen LogP contribution in [0.4, 0.5) is 4.79 Å². The molecule has 6 nitrogen and oxygen atoms in total.